The molecule has 0 radical (unpaired) electrons. The van der Waals surface area contributed by atoms with Crippen LogP contribution in [0.25, 0.3) is 33.4 Å². The number of nitrogens with zero attached hydrogens (tertiary/aromatic N) is 3. The smallest absolute Gasteiger partial charge is 0.168 e. The number of hydrogen-bond acceptors (Lipinski definition) is 6. The third kappa shape index (κ3) is 8.01. The van der Waals surface area contributed by atoms with Gasteiger partial charge in [0.05, 0.1) is 17.1 Å². The highest BCUT2D eigenvalue weighted by Gasteiger charge is 2.45. The second kappa shape index (κ2) is 17.1. The molecule has 12 rings (SSSR count). The Morgan fingerprint density at radius 1 is 0.381 bits per heavy atom. The second-order valence-corrected chi connectivity index (χ2v) is 18.5. The summed E-state index contributed by atoms with van der Waals surface area (Å²) in [4.78, 5) is 17.7. The monoisotopic (exact) mass is 831 g/mol. The van der Waals surface area contributed by atoms with Gasteiger partial charge in [0.1, 0.15) is 0 Å². The minimum absolute atomic E-state index is 0.188. The quantitative estimate of drug-likeness (QED) is 0.178. The van der Waals surface area contributed by atoms with Crippen LogP contribution in [0.2, 0.25) is 0 Å². The summed E-state index contributed by atoms with van der Waals surface area (Å²) >= 11 is 0. The van der Waals surface area contributed by atoms with Gasteiger partial charge in [-0.2, -0.15) is 0 Å². The van der Waals surface area contributed by atoms with E-state index in [0.29, 0.717) is 0 Å². The van der Waals surface area contributed by atoms with E-state index in [4.69, 9.17) is 14.5 Å². The normalized spacial score (nSPS) is 23.6. The minimum atomic E-state index is -0.206. The molecular formula is C57H57N3O3. The molecule has 6 aliphatic rings. The van der Waals surface area contributed by atoms with E-state index in [-0.39, 0.29) is 16.8 Å². The zero-order valence-electron chi connectivity index (χ0n) is 36.9. The average molecular weight is 832 g/mol. The van der Waals surface area contributed by atoms with Crippen molar-refractivity contribution in [2.45, 2.75) is 115 Å². The molecule has 0 unspecified atom stereocenters. The van der Waals surface area contributed by atoms with Crippen molar-refractivity contribution in [2.75, 3.05) is 0 Å². The molecule has 0 saturated heterocycles. The number of fused-ring (bicyclic) bond motifs is 6. The first-order chi connectivity index (χ1) is 30.8. The Hall–Kier alpha value is -6.27. The first kappa shape index (κ1) is 40.8. The number of benzene rings is 6. The lowest BCUT2D eigenvalue weighted by atomic mass is 9.74. The van der Waals surface area contributed by atoms with Crippen LogP contribution in [0.15, 0.2) is 161 Å². The third-order valence-electron chi connectivity index (χ3n) is 14.0. The van der Waals surface area contributed by atoms with Gasteiger partial charge in [-0.1, -0.05) is 155 Å². The van der Waals surface area contributed by atoms with E-state index < -0.39 is 0 Å². The first-order valence-corrected chi connectivity index (χ1v) is 23.0. The lowest BCUT2D eigenvalue weighted by molar-refractivity contribution is -0.0364. The molecule has 318 valence electrons. The maximum atomic E-state index is 5.90. The topological polar surface area (TPSA) is 64.8 Å². The minimum Gasteiger partial charge on any atom is -0.384 e. The van der Waals surface area contributed by atoms with Crippen LogP contribution < -0.4 is 0 Å². The summed E-state index contributed by atoms with van der Waals surface area (Å²) < 4.78 is 0. The molecular weight excluding hydrogens is 775 g/mol. The van der Waals surface area contributed by atoms with E-state index in [1.807, 2.05) is 0 Å². The number of oxime groups is 3. The van der Waals surface area contributed by atoms with Gasteiger partial charge in [-0.25, -0.2) is 0 Å². The van der Waals surface area contributed by atoms with Crippen LogP contribution in [0.3, 0.4) is 0 Å². The molecule has 3 aliphatic carbocycles. The number of rotatable bonds is 3. The molecule has 0 fully saturated rings. The van der Waals surface area contributed by atoms with Crippen LogP contribution in [0, 0.1) is 0 Å². The number of hydrogen-bond donors (Lipinski definition) is 0. The SMILES string of the molecule is CC1=NO[C@]2(CCCc3c(-c4ccccc4)cccc32)C1.CC1=NO[C@]2(CCCc3cc(-c4ccccc4)ccc32)C1.CC1=NO[C@]2(CCCc3ccc(-c4ccccc4)cc32)C1. The van der Waals surface area contributed by atoms with Crippen LogP contribution in [-0.2, 0) is 50.6 Å². The van der Waals surface area contributed by atoms with E-state index in [2.05, 4.69) is 182 Å². The molecule has 3 atom stereocenters. The lowest BCUT2D eigenvalue weighted by Gasteiger charge is -2.34. The zero-order chi connectivity index (χ0) is 42.9. The highest BCUT2D eigenvalue weighted by molar-refractivity contribution is 5.85. The fourth-order valence-electron chi connectivity index (χ4n) is 11.1. The van der Waals surface area contributed by atoms with Crippen molar-refractivity contribution in [3.63, 3.8) is 0 Å². The Kier molecular flexibility index (Phi) is 11.1. The van der Waals surface area contributed by atoms with Gasteiger partial charge in [-0.05, 0) is 135 Å². The fourth-order valence-corrected chi connectivity index (χ4v) is 11.1. The molecule has 6 nitrogen and oxygen atoms in total. The Morgan fingerprint density at radius 3 is 1.41 bits per heavy atom. The van der Waals surface area contributed by atoms with E-state index in [9.17, 15) is 0 Å². The van der Waals surface area contributed by atoms with E-state index in [1.165, 1.54) is 86.0 Å². The predicted octanol–water partition coefficient (Wildman–Crippen LogP) is 14.0. The van der Waals surface area contributed by atoms with Crippen LogP contribution in [0.5, 0.6) is 0 Å². The zero-order valence-corrected chi connectivity index (χ0v) is 36.9. The van der Waals surface area contributed by atoms with Gasteiger partial charge >= 0.3 is 0 Å². The summed E-state index contributed by atoms with van der Waals surface area (Å²) in [6, 6.07) is 52.0. The van der Waals surface area contributed by atoms with Crippen molar-refractivity contribution in [1.82, 2.24) is 0 Å². The molecule has 6 heteroatoms. The van der Waals surface area contributed by atoms with Crippen LogP contribution in [-0.4, -0.2) is 17.1 Å². The summed E-state index contributed by atoms with van der Waals surface area (Å²) in [5.41, 5.74) is 18.8. The summed E-state index contributed by atoms with van der Waals surface area (Å²) in [5, 5.41) is 12.7. The standard InChI is InChI=1S/3C19H19NO/c1-14-13-19(21-20-14)12-6-10-17-16(9-5-11-18(17)19)15-7-3-2-4-8-15;1-14-13-19(21-20-14)11-5-8-17-12-16(9-10-18(17)19)15-6-3-2-4-7-15;1-14-13-19(21-20-14)11-5-8-16-9-10-17(12-18(16)19)15-6-3-2-4-7-15/h2-5,7-9,11H,6,10,12-13H2,1H3;2*2-4,6-7,9-10,12H,5,8,11,13H2,1H3/t3*19-/m111/s1. The molecule has 0 bridgehead atoms. The predicted molar refractivity (Wildman–Crippen MR) is 256 cm³/mol. The highest BCUT2D eigenvalue weighted by Crippen LogP contribution is 2.48. The van der Waals surface area contributed by atoms with Crippen LogP contribution in [0.4, 0.5) is 0 Å². The second-order valence-electron chi connectivity index (χ2n) is 18.5. The van der Waals surface area contributed by atoms with E-state index in [1.54, 1.807) is 0 Å². The molecule has 6 aromatic rings. The highest BCUT2D eigenvalue weighted by atomic mass is 16.7. The molecule has 0 N–H and O–H groups in total. The third-order valence-corrected chi connectivity index (χ3v) is 14.0. The molecule has 0 saturated carbocycles. The average Bonchev–Trinajstić information content (AvgIpc) is 4.03. The summed E-state index contributed by atoms with van der Waals surface area (Å²) in [6.07, 6.45) is 12.9. The molecule has 0 aromatic heterocycles. The molecule has 6 aromatic carbocycles. The van der Waals surface area contributed by atoms with Gasteiger partial charge < -0.3 is 14.5 Å². The molecule has 63 heavy (non-hydrogen) atoms. The van der Waals surface area contributed by atoms with Crippen LogP contribution >= 0.6 is 0 Å². The van der Waals surface area contributed by atoms with Crippen LogP contribution in [0.1, 0.15) is 112 Å². The molecule has 3 heterocycles. The van der Waals surface area contributed by atoms with Crippen molar-refractivity contribution in [3.8, 4) is 33.4 Å². The van der Waals surface area contributed by atoms with Crippen molar-refractivity contribution in [2.24, 2.45) is 15.5 Å². The molecule has 3 spiro atoms. The van der Waals surface area contributed by atoms with Gasteiger partial charge in [0.2, 0.25) is 0 Å². The largest absolute Gasteiger partial charge is 0.384 e. The van der Waals surface area contributed by atoms with Crippen molar-refractivity contribution >= 4 is 17.1 Å². The Balaban J connectivity index is 0.000000112. The maximum absolute atomic E-state index is 5.90. The Bertz CT molecular complexity index is 2680. The summed E-state index contributed by atoms with van der Waals surface area (Å²) in [6.45, 7) is 6.18. The van der Waals surface area contributed by atoms with Gasteiger partial charge in [-0.3, -0.25) is 0 Å². The van der Waals surface area contributed by atoms with Gasteiger partial charge in [0.15, 0.2) is 16.8 Å². The Morgan fingerprint density at radius 2 is 0.857 bits per heavy atom. The summed E-state index contributed by atoms with van der Waals surface area (Å²) in [7, 11) is 0. The van der Waals surface area contributed by atoms with E-state index >= 15 is 0 Å². The maximum Gasteiger partial charge on any atom is 0.168 e. The Labute approximate surface area is 372 Å². The molecule has 3 aliphatic heterocycles. The van der Waals surface area contributed by atoms with Crippen molar-refractivity contribution in [1.29, 1.82) is 0 Å². The fraction of sp³-hybridized carbons (Fsp3) is 0.316. The lowest BCUT2D eigenvalue weighted by Crippen LogP contribution is -2.31. The van der Waals surface area contributed by atoms with Gasteiger partial charge in [-0.15, -0.1) is 0 Å². The molecule has 0 amide bonds. The van der Waals surface area contributed by atoms with Gasteiger partial charge in [0, 0.05) is 36.0 Å². The first-order valence-electron chi connectivity index (χ1n) is 23.0. The summed E-state index contributed by atoms with van der Waals surface area (Å²) in [5.74, 6) is 0. The van der Waals surface area contributed by atoms with Gasteiger partial charge in [0.25, 0.3) is 0 Å². The van der Waals surface area contributed by atoms with Crippen molar-refractivity contribution < 1.29 is 14.5 Å². The number of aryl methyl sites for hydroxylation is 2. The van der Waals surface area contributed by atoms with Crippen molar-refractivity contribution in [3.05, 3.63) is 179 Å². The van der Waals surface area contributed by atoms with E-state index in [0.717, 1.165) is 74.9 Å².